The predicted molar refractivity (Wildman–Crippen MR) is 137 cm³/mol. The summed E-state index contributed by atoms with van der Waals surface area (Å²) in [7, 11) is -3.79. The molecule has 0 saturated heterocycles. The number of carbonyl (C=O) groups excluding carboxylic acids is 2. The van der Waals surface area contributed by atoms with Crippen molar-refractivity contribution in [3.63, 3.8) is 0 Å². The lowest BCUT2D eigenvalue weighted by Gasteiger charge is -2.21. The van der Waals surface area contributed by atoms with Gasteiger partial charge >= 0.3 is 0 Å². The highest BCUT2D eigenvalue weighted by atomic mass is 32.2. The van der Waals surface area contributed by atoms with Gasteiger partial charge in [-0.1, -0.05) is 44.2 Å². The second kappa shape index (κ2) is 11.8. The van der Waals surface area contributed by atoms with Gasteiger partial charge in [-0.2, -0.15) is 4.31 Å². The number of hydrogen-bond donors (Lipinski definition) is 2. The first-order valence-electron chi connectivity index (χ1n) is 11.6. The molecule has 9 heteroatoms. The summed E-state index contributed by atoms with van der Waals surface area (Å²) in [5.41, 5.74) is 0.854. The minimum atomic E-state index is -3.79. The Morgan fingerprint density at radius 3 is 2.31 bits per heavy atom. The van der Waals surface area contributed by atoms with Crippen LogP contribution in [0.4, 0.5) is 5.69 Å². The molecule has 0 radical (unpaired) electrons. The van der Waals surface area contributed by atoms with Gasteiger partial charge in [-0.25, -0.2) is 8.42 Å². The van der Waals surface area contributed by atoms with Gasteiger partial charge in [0.1, 0.15) is 10.6 Å². The van der Waals surface area contributed by atoms with Crippen LogP contribution in [0, 0.1) is 0 Å². The van der Waals surface area contributed by atoms with Crippen LogP contribution in [-0.2, 0) is 14.8 Å². The molecule has 2 amide bonds. The highest BCUT2D eigenvalue weighted by molar-refractivity contribution is 7.89. The second-order valence-corrected chi connectivity index (χ2v) is 9.71. The maximum absolute atomic E-state index is 13.1. The largest absolute Gasteiger partial charge is 0.492 e. The molecule has 3 rings (SSSR count). The minimum Gasteiger partial charge on any atom is -0.492 e. The quantitative estimate of drug-likeness (QED) is 0.416. The molecule has 2 N–H and O–H groups in total. The predicted octanol–water partition coefficient (Wildman–Crippen LogP) is 4.03. The standard InChI is InChI=1S/C26H31N3O5S/c1-4-29(5-2)35(32,33)24-18-22(13-14-23(24)34-6-3)28-25(30)15-16-27-26(31)21-12-11-19-9-7-8-10-20(19)17-21/h7-14,17-18H,4-6,15-16H2,1-3H3,(H,27,31)(H,28,30). The van der Waals surface area contributed by atoms with Gasteiger partial charge in [0.15, 0.2) is 0 Å². The van der Waals surface area contributed by atoms with Crippen molar-refractivity contribution in [3.05, 3.63) is 66.2 Å². The Balaban J connectivity index is 1.64. The van der Waals surface area contributed by atoms with E-state index in [0.29, 0.717) is 30.9 Å². The number of nitrogens with zero attached hydrogens (tertiary/aromatic N) is 1. The lowest BCUT2D eigenvalue weighted by molar-refractivity contribution is -0.116. The first-order chi connectivity index (χ1) is 16.8. The number of sulfonamides is 1. The van der Waals surface area contributed by atoms with Crippen LogP contribution in [-0.4, -0.2) is 50.8 Å². The fraction of sp³-hybridized carbons (Fsp3) is 0.308. The zero-order chi connectivity index (χ0) is 25.4. The number of rotatable bonds is 11. The molecule has 0 aliphatic rings. The molecule has 0 spiro atoms. The van der Waals surface area contributed by atoms with Gasteiger partial charge in [-0.05, 0) is 48.0 Å². The summed E-state index contributed by atoms with van der Waals surface area (Å²) in [6, 6.07) is 17.7. The number of fused-ring (bicyclic) bond motifs is 1. The van der Waals surface area contributed by atoms with Crippen LogP contribution in [0.1, 0.15) is 37.6 Å². The van der Waals surface area contributed by atoms with E-state index in [4.69, 9.17) is 4.74 Å². The van der Waals surface area contributed by atoms with Crippen molar-refractivity contribution >= 4 is 38.3 Å². The maximum Gasteiger partial charge on any atom is 0.251 e. The summed E-state index contributed by atoms with van der Waals surface area (Å²) in [6.07, 6.45) is 0.0324. The molecule has 3 aromatic carbocycles. The molecular weight excluding hydrogens is 466 g/mol. The minimum absolute atomic E-state index is 0.00505. The van der Waals surface area contributed by atoms with Gasteiger partial charge in [0.25, 0.3) is 5.91 Å². The molecule has 0 aliphatic heterocycles. The monoisotopic (exact) mass is 497 g/mol. The average molecular weight is 498 g/mol. The van der Waals surface area contributed by atoms with E-state index >= 15 is 0 Å². The fourth-order valence-corrected chi connectivity index (χ4v) is 5.33. The van der Waals surface area contributed by atoms with Crippen LogP contribution >= 0.6 is 0 Å². The Hall–Kier alpha value is -3.43. The number of benzene rings is 3. The number of ether oxygens (including phenoxy) is 1. The second-order valence-electron chi connectivity index (χ2n) is 7.80. The van der Waals surface area contributed by atoms with E-state index in [1.807, 2.05) is 36.4 Å². The van der Waals surface area contributed by atoms with Crippen LogP contribution in [0.2, 0.25) is 0 Å². The number of nitrogens with one attached hydrogen (secondary N) is 2. The molecule has 0 unspecified atom stereocenters. The number of anilines is 1. The average Bonchev–Trinajstić information content (AvgIpc) is 2.85. The molecule has 0 bridgehead atoms. The van der Waals surface area contributed by atoms with E-state index in [-0.39, 0.29) is 35.4 Å². The molecule has 0 saturated carbocycles. The summed E-state index contributed by atoms with van der Waals surface area (Å²) < 4.78 is 33.0. The van der Waals surface area contributed by atoms with Crippen LogP contribution in [0.15, 0.2) is 65.6 Å². The Bertz CT molecular complexity index is 1300. The topological polar surface area (TPSA) is 105 Å². The van der Waals surface area contributed by atoms with Gasteiger partial charge in [0.05, 0.1) is 6.61 Å². The van der Waals surface area contributed by atoms with Crippen LogP contribution < -0.4 is 15.4 Å². The summed E-state index contributed by atoms with van der Waals surface area (Å²) in [6.45, 7) is 6.38. The third-order valence-corrected chi connectivity index (χ3v) is 7.57. The van der Waals surface area contributed by atoms with Crippen LogP contribution in [0.25, 0.3) is 10.8 Å². The number of hydrogen-bond acceptors (Lipinski definition) is 5. The number of carbonyl (C=O) groups is 2. The zero-order valence-corrected chi connectivity index (χ0v) is 21.0. The van der Waals surface area contributed by atoms with Crippen molar-refractivity contribution in [3.8, 4) is 5.75 Å². The Morgan fingerprint density at radius 1 is 0.914 bits per heavy atom. The van der Waals surface area contributed by atoms with Crippen molar-refractivity contribution < 1.29 is 22.7 Å². The van der Waals surface area contributed by atoms with Gasteiger partial charge < -0.3 is 15.4 Å². The Morgan fingerprint density at radius 2 is 1.63 bits per heavy atom. The molecule has 0 heterocycles. The van der Waals surface area contributed by atoms with Gasteiger partial charge in [0, 0.05) is 37.3 Å². The SMILES string of the molecule is CCOc1ccc(NC(=O)CCNC(=O)c2ccc3ccccc3c2)cc1S(=O)(=O)N(CC)CC. The van der Waals surface area contributed by atoms with E-state index in [1.54, 1.807) is 32.9 Å². The van der Waals surface area contributed by atoms with Crippen molar-refractivity contribution in [2.75, 3.05) is 31.6 Å². The lowest BCUT2D eigenvalue weighted by atomic mass is 10.1. The van der Waals surface area contributed by atoms with Gasteiger partial charge in [-0.3, -0.25) is 9.59 Å². The summed E-state index contributed by atoms with van der Waals surface area (Å²) in [5.74, 6) is -0.378. The van der Waals surface area contributed by atoms with E-state index in [2.05, 4.69) is 10.6 Å². The molecule has 0 aromatic heterocycles. The van der Waals surface area contributed by atoms with Gasteiger partial charge in [0.2, 0.25) is 15.9 Å². The summed E-state index contributed by atoms with van der Waals surface area (Å²) >= 11 is 0. The molecule has 0 atom stereocenters. The van der Waals surface area contributed by atoms with E-state index in [9.17, 15) is 18.0 Å². The molecule has 186 valence electrons. The normalized spacial score (nSPS) is 11.4. The lowest BCUT2D eigenvalue weighted by Crippen LogP contribution is -2.31. The van der Waals surface area contributed by atoms with Gasteiger partial charge in [-0.15, -0.1) is 0 Å². The third kappa shape index (κ3) is 6.37. The molecule has 8 nitrogen and oxygen atoms in total. The third-order valence-electron chi connectivity index (χ3n) is 5.50. The first kappa shape index (κ1) is 26.2. The number of amides is 2. The summed E-state index contributed by atoms with van der Waals surface area (Å²) in [4.78, 5) is 24.9. The molecule has 35 heavy (non-hydrogen) atoms. The van der Waals surface area contributed by atoms with E-state index in [1.165, 1.54) is 16.4 Å². The van der Waals surface area contributed by atoms with Crippen molar-refractivity contribution in [1.29, 1.82) is 0 Å². The van der Waals surface area contributed by atoms with Crippen molar-refractivity contribution in [1.82, 2.24) is 9.62 Å². The summed E-state index contributed by atoms with van der Waals surface area (Å²) in [5, 5.41) is 7.46. The fourth-order valence-electron chi connectivity index (χ4n) is 3.71. The van der Waals surface area contributed by atoms with E-state index < -0.39 is 10.0 Å². The molecular formula is C26H31N3O5S. The van der Waals surface area contributed by atoms with Crippen molar-refractivity contribution in [2.24, 2.45) is 0 Å². The maximum atomic E-state index is 13.1. The van der Waals surface area contributed by atoms with Crippen LogP contribution in [0.5, 0.6) is 5.75 Å². The Labute approximate surface area is 206 Å². The molecule has 0 fully saturated rings. The molecule has 3 aromatic rings. The zero-order valence-electron chi connectivity index (χ0n) is 20.2. The van der Waals surface area contributed by atoms with Crippen LogP contribution in [0.3, 0.4) is 0 Å². The molecule has 0 aliphatic carbocycles. The Kier molecular flexibility index (Phi) is 8.84. The highest BCUT2D eigenvalue weighted by Crippen LogP contribution is 2.30. The smallest absolute Gasteiger partial charge is 0.251 e. The highest BCUT2D eigenvalue weighted by Gasteiger charge is 2.26. The van der Waals surface area contributed by atoms with Crippen molar-refractivity contribution in [2.45, 2.75) is 32.1 Å². The van der Waals surface area contributed by atoms with E-state index in [0.717, 1.165) is 10.8 Å². The first-order valence-corrected chi connectivity index (χ1v) is 13.1.